The lowest BCUT2D eigenvalue weighted by Gasteiger charge is -2.18. The van der Waals surface area contributed by atoms with Crippen molar-refractivity contribution in [2.45, 2.75) is 32.2 Å². The van der Waals surface area contributed by atoms with Crippen molar-refractivity contribution < 1.29 is 14.7 Å². The highest BCUT2D eigenvalue weighted by Gasteiger charge is 2.37. The van der Waals surface area contributed by atoms with Gasteiger partial charge in [0.1, 0.15) is 12.2 Å². The van der Waals surface area contributed by atoms with E-state index in [4.69, 9.17) is 0 Å². The van der Waals surface area contributed by atoms with Crippen LogP contribution >= 0.6 is 0 Å². The number of hydrogen-bond acceptors (Lipinski definition) is 4. The van der Waals surface area contributed by atoms with E-state index in [0.717, 1.165) is 0 Å². The maximum Gasteiger partial charge on any atom is 0.312 e. The van der Waals surface area contributed by atoms with Gasteiger partial charge in [-0.25, -0.2) is 9.67 Å². The quantitative estimate of drug-likeness (QED) is 0.914. The number of nitrogens with zero attached hydrogens (tertiary/aromatic N) is 4. The molecule has 0 radical (unpaired) electrons. The summed E-state index contributed by atoms with van der Waals surface area (Å²) in [6.07, 6.45) is 1.52. The van der Waals surface area contributed by atoms with E-state index in [0.29, 0.717) is 11.3 Å². The van der Waals surface area contributed by atoms with Crippen molar-refractivity contribution in [2.24, 2.45) is 0 Å². The summed E-state index contributed by atoms with van der Waals surface area (Å²) in [7, 11) is 0. The Kier molecular flexibility index (Phi) is 3.43. The Morgan fingerprint density at radius 1 is 1.26 bits per heavy atom. The normalized spacial score (nSPS) is 17.2. The zero-order valence-corrected chi connectivity index (χ0v) is 13.2. The van der Waals surface area contributed by atoms with Crippen LogP contribution in [0.25, 0.3) is 0 Å². The molecule has 1 aliphatic rings. The first kappa shape index (κ1) is 15.2. The van der Waals surface area contributed by atoms with Gasteiger partial charge in [-0.05, 0) is 32.4 Å². The van der Waals surface area contributed by atoms with Crippen molar-refractivity contribution in [3.05, 3.63) is 42.0 Å². The topological polar surface area (TPSA) is 88.3 Å². The molecule has 2 aromatic rings. The predicted octanol–water partition coefficient (Wildman–Crippen LogP) is 1.86. The molecule has 1 aliphatic heterocycles. The Morgan fingerprint density at radius 3 is 2.57 bits per heavy atom. The van der Waals surface area contributed by atoms with Gasteiger partial charge in [0.15, 0.2) is 0 Å². The van der Waals surface area contributed by atoms with Crippen molar-refractivity contribution in [1.29, 1.82) is 0 Å². The molecule has 2 heterocycles. The summed E-state index contributed by atoms with van der Waals surface area (Å²) >= 11 is 0. The number of carbonyl (C=O) groups excluding carboxylic acids is 1. The van der Waals surface area contributed by atoms with Gasteiger partial charge in [0.05, 0.1) is 5.54 Å². The Hall–Kier alpha value is -2.70. The number of hydrogen-bond donors (Lipinski definition) is 1. The molecule has 23 heavy (non-hydrogen) atoms. The van der Waals surface area contributed by atoms with Gasteiger partial charge < -0.3 is 10.0 Å². The standard InChI is InChI=1S/C16H18N4O3/c1-16(2,3)20-9-17-13(18-20)14(21)19-8-11(15(22)23)10-6-4-5-7-12(10)19/h4-7,9,11H,8H2,1-3H3,(H,22,23). The van der Waals surface area contributed by atoms with Gasteiger partial charge >= 0.3 is 5.97 Å². The smallest absolute Gasteiger partial charge is 0.312 e. The van der Waals surface area contributed by atoms with E-state index >= 15 is 0 Å². The van der Waals surface area contributed by atoms with Crippen LogP contribution < -0.4 is 4.90 Å². The summed E-state index contributed by atoms with van der Waals surface area (Å²) in [5.74, 6) is -1.98. The van der Waals surface area contributed by atoms with E-state index in [9.17, 15) is 14.7 Å². The zero-order chi connectivity index (χ0) is 16.8. The Labute approximate surface area is 133 Å². The molecule has 0 fully saturated rings. The first-order valence-corrected chi connectivity index (χ1v) is 7.35. The molecule has 3 rings (SSSR count). The third-order valence-corrected chi connectivity index (χ3v) is 3.88. The van der Waals surface area contributed by atoms with E-state index in [1.54, 1.807) is 28.9 Å². The lowest BCUT2D eigenvalue weighted by Crippen LogP contribution is -2.32. The summed E-state index contributed by atoms with van der Waals surface area (Å²) in [5, 5.41) is 13.6. The lowest BCUT2D eigenvalue weighted by molar-refractivity contribution is -0.138. The molecule has 7 heteroatoms. The molecule has 7 nitrogen and oxygen atoms in total. The Bertz CT molecular complexity index is 776. The van der Waals surface area contributed by atoms with Crippen molar-refractivity contribution in [3.8, 4) is 0 Å². The monoisotopic (exact) mass is 314 g/mol. The number of rotatable bonds is 2. The average Bonchev–Trinajstić information content (AvgIpc) is 3.11. The number of aromatic nitrogens is 3. The third-order valence-electron chi connectivity index (χ3n) is 3.88. The van der Waals surface area contributed by atoms with E-state index < -0.39 is 11.9 Å². The Morgan fingerprint density at radius 2 is 1.96 bits per heavy atom. The minimum Gasteiger partial charge on any atom is -0.481 e. The zero-order valence-electron chi connectivity index (χ0n) is 13.2. The predicted molar refractivity (Wildman–Crippen MR) is 83.5 cm³/mol. The highest BCUT2D eigenvalue weighted by Crippen LogP contribution is 2.36. The van der Waals surface area contributed by atoms with E-state index in [-0.39, 0.29) is 23.8 Å². The van der Waals surface area contributed by atoms with Crippen molar-refractivity contribution in [3.63, 3.8) is 0 Å². The first-order chi connectivity index (χ1) is 10.8. The lowest BCUT2D eigenvalue weighted by atomic mass is 10.0. The number of carbonyl (C=O) groups is 2. The number of amides is 1. The second-order valence-electron chi connectivity index (χ2n) is 6.55. The number of fused-ring (bicyclic) bond motifs is 1. The number of carboxylic acid groups (broad SMARTS) is 1. The fourth-order valence-electron chi connectivity index (χ4n) is 2.62. The molecule has 1 amide bonds. The van der Waals surface area contributed by atoms with Gasteiger partial charge in [0.2, 0.25) is 5.82 Å². The van der Waals surface area contributed by atoms with Gasteiger partial charge in [-0.1, -0.05) is 18.2 Å². The molecule has 1 unspecified atom stereocenters. The molecular weight excluding hydrogens is 296 g/mol. The van der Waals surface area contributed by atoms with Crippen molar-refractivity contribution in [2.75, 3.05) is 11.4 Å². The number of anilines is 1. The molecule has 1 atom stereocenters. The molecular formula is C16H18N4O3. The number of carboxylic acids is 1. The maximum atomic E-state index is 12.7. The summed E-state index contributed by atoms with van der Waals surface area (Å²) < 4.78 is 1.62. The maximum absolute atomic E-state index is 12.7. The number of aliphatic carboxylic acids is 1. The fourth-order valence-corrected chi connectivity index (χ4v) is 2.62. The van der Waals surface area contributed by atoms with Gasteiger partial charge in [-0.2, -0.15) is 0 Å². The SMILES string of the molecule is CC(C)(C)n1cnc(C(=O)N2CC(C(=O)O)c3ccccc32)n1. The van der Waals surface area contributed by atoms with Crippen LogP contribution in [-0.2, 0) is 10.3 Å². The number of para-hydroxylation sites is 1. The molecule has 0 spiro atoms. The molecule has 0 bridgehead atoms. The summed E-state index contributed by atoms with van der Waals surface area (Å²) in [4.78, 5) is 29.7. The summed E-state index contributed by atoms with van der Waals surface area (Å²) in [6.45, 7) is 5.97. The Balaban J connectivity index is 1.95. The van der Waals surface area contributed by atoms with Gasteiger partial charge in [0, 0.05) is 12.2 Å². The highest BCUT2D eigenvalue weighted by molar-refractivity contribution is 6.06. The van der Waals surface area contributed by atoms with Crippen molar-refractivity contribution in [1.82, 2.24) is 14.8 Å². The van der Waals surface area contributed by atoms with Crippen LogP contribution in [0.2, 0.25) is 0 Å². The average molecular weight is 314 g/mol. The molecule has 0 saturated heterocycles. The van der Waals surface area contributed by atoms with Gasteiger partial charge in [0.25, 0.3) is 5.91 Å². The summed E-state index contributed by atoms with van der Waals surface area (Å²) in [6, 6.07) is 7.04. The fraction of sp³-hybridized carbons (Fsp3) is 0.375. The van der Waals surface area contributed by atoms with Crippen LogP contribution in [0, 0.1) is 0 Å². The van der Waals surface area contributed by atoms with Crippen LogP contribution in [0.1, 0.15) is 42.9 Å². The van der Waals surface area contributed by atoms with Crippen LogP contribution in [0.5, 0.6) is 0 Å². The highest BCUT2D eigenvalue weighted by atomic mass is 16.4. The summed E-state index contributed by atoms with van der Waals surface area (Å²) in [5.41, 5.74) is 0.971. The largest absolute Gasteiger partial charge is 0.481 e. The molecule has 0 saturated carbocycles. The molecule has 1 aromatic carbocycles. The molecule has 1 N–H and O–H groups in total. The minimum atomic E-state index is -0.944. The third kappa shape index (κ3) is 2.58. The second kappa shape index (κ2) is 5.19. The van der Waals surface area contributed by atoms with Crippen molar-refractivity contribution >= 4 is 17.6 Å². The van der Waals surface area contributed by atoms with Crippen LogP contribution in [0.4, 0.5) is 5.69 Å². The van der Waals surface area contributed by atoms with Gasteiger partial charge in [-0.15, -0.1) is 5.10 Å². The van der Waals surface area contributed by atoms with Crippen LogP contribution in [0.3, 0.4) is 0 Å². The van der Waals surface area contributed by atoms with E-state index in [2.05, 4.69) is 10.1 Å². The molecule has 120 valence electrons. The van der Waals surface area contributed by atoms with Crippen LogP contribution in [0.15, 0.2) is 30.6 Å². The molecule has 1 aromatic heterocycles. The first-order valence-electron chi connectivity index (χ1n) is 7.35. The number of benzene rings is 1. The van der Waals surface area contributed by atoms with E-state index in [1.165, 1.54) is 11.2 Å². The van der Waals surface area contributed by atoms with Gasteiger partial charge in [-0.3, -0.25) is 9.59 Å². The second-order valence-corrected chi connectivity index (χ2v) is 6.55. The van der Waals surface area contributed by atoms with Crippen LogP contribution in [-0.4, -0.2) is 38.3 Å². The molecule has 0 aliphatic carbocycles. The van der Waals surface area contributed by atoms with E-state index in [1.807, 2.05) is 20.8 Å². The minimum absolute atomic E-state index is 0.0702.